The summed E-state index contributed by atoms with van der Waals surface area (Å²) >= 11 is 1.31. The summed E-state index contributed by atoms with van der Waals surface area (Å²) in [5.74, 6) is -0.0491. The topological polar surface area (TPSA) is 75.6 Å². The average Bonchev–Trinajstić information content (AvgIpc) is 2.39. The molecule has 1 rings (SSSR count). The van der Waals surface area contributed by atoms with Crippen molar-refractivity contribution in [2.75, 3.05) is 23.9 Å². The monoisotopic (exact) mass is 283 g/mol. The maximum absolute atomic E-state index is 11.6. The standard InChI is InChI=1S/C13H17NO4S/c1-9(13(16)17)7-19-8-12(15)14-10-3-5-11(18-2)6-4-10/h3-6,9H,7-8H2,1-2H3,(H,14,15)(H,16,17). The molecule has 0 saturated heterocycles. The highest BCUT2D eigenvalue weighted by atomic mass is 32.2. The van der Waals surface area contributed by atoms with Gasteiger partial charge in [-0.3, -0.25) is 9.59 Å². The Balaban J connectivity index is 2.32. The van der Waals surface area contributed by atoms with Crippen molar-refractivity contribution >= 4 is 29.3 Å². The Morgan fingerprint density at radius 3 is 2.53 bits per heavy atom. The predicted molar refractivity (Wildman–Crippen MR) is 75.7 cm³/mol. The molecule has 19 heavy (non-hydrogen) atoms. The summed E-state index contributed by atoms with van der Waals surface area (Å²) in [6.45, 7) is 1.62. The van der Waals surface area contributed by atoms with Crippen LogP contribution < -0.4 is 10.1 Å². The molecule has 2 N–H and O–H groups in total. The number of rotatable bonds is 7. The highest BCUT2D eigenvalue weighted by Gasteiger charge is 2.11. The number of hydrogen-bond donors (Lipinski definition) is 2. The van der Waals surface area contributed by atoms with E-state index in [0.29, 0.717) is 11.4 Å². The minimum absolute atomic E-state index is 0.146. The lowest BCUT2D eigenvalue weighted by molar-refractivity contribution is -0.140. The second-order valence-electron chi connectivity index (χ2n) is 4.03. The van der Waals surface area contributed by atoms with E-state index in [0.717, 1.165) is 5.75 Å². The number of amides is 1. The number of carbonyl (C=O) groups excluding carboxylic acids is 1. The summed E-state index contributed by atoms with van der Waals surface area (Å²) in [4.78, 5) is 22.2. The number of anilines is 1. The number of thioether (sulfide) groups is 1. The van der Waals surface area contributed by atoms with Crippen molar-refractivity contribution in [1.29, 1.82) is 0 Å². The first-order chi connectivity index (χ1) is 9.02. The number of ether oxygens (including phenoxy) is 1. The van der Waals surface area contributed by atoms with Gasteiger partial charge in [0.2, 0.25) is 5.91 Å². The van der Waals surface area contributed by atoms with Crippen LogP contribution in [0.2, 0.25) is 0 Å². The second-order valence-corrected chi connectivity index (χ2v) is 5.06. The van der Waals surface area contributed by atoms with E-state index in [4.69, 9.17) is 9.84 Å². The Bertz CT molecular complexity index is 433. The van der Waals surface area contributed by atoms with Crippen molar-refractivity contribution < 1.29 is 19.4 Å². The van der Waals surface area contributed by atoms with Gasteiger partial charge in [-0.1, -0.05) is 6.92 Å². The van der Waals surface area contributed by atoms with Gasteiger partial charge in [-0.05, 0) is 24.3 Å². The lowest BCUT2D eigenvalue weighted by Gasteiger charge is -2.07. The van der Waals surface area contributed by atoms with Crippen molar-refractivity contribution in [1.82, 2.24) is 0 Å². The molecule has 0 radical (unpaired) electrons. The molecule has 0 aromatic heterocycles. The summed E-state index contributed by atoms with van der Waals surface area (Å²) < 4.78 is 5.02. The van der Waals surface area contributed by atoms with Crippen LogP contribution in [0.4, 0.5) is 5.69 Å². The first kappa shape index (κ1) is 15.4. The van der Waals surface area contributed by atoms with E-state index in [2.05, 4.69) is 5.32 Å². The van der Waals surface area contributed by atoms with Gasteiger partial charge in [0.15, 0.2) is 0 Å². The van der Waals surface area contributed by atoms with Crippen LogP contribution in [0.15, 0.2) is 24.3 Å². The molecule has 0 spiro atoms. The van der Waals surface area contributed by atoms with Gasteiger partial charge in [-0.15, -0.1) is 0 Å². The van der Waals surface area contributed by atoms with E-state index in [1.165, 1.54) is 11.8 Å². The molecule has 5 nitrogen and oxygen atoms in total. The van der Waals surface area contributed by atoms with Crippen molar-refractivity contribution in [3.63, 3.8) is 0 Å². The average molecular weight is 283 g/mol. The number of hydrogen-bond acceptors (Lipinski definition) is 4. The third-order valence-corrected chi connectivity index (χ3v) is 3.60. The zero-order valence-electron chi connectivity index (χ0n) is 10.9. The van der Waals surface area contributed by atoms with Crippen LogP contribution in [-0.4, -0.2) is 35.6 Å². The SMILES string of the molecule is COc1ccc(NC(=O)CSCC(C)C(=O)O)cc1. The first-order valence-electron chi connectivity index (χ1n) is 5.77. The molecule has 1 aromatic carbocycles. The Morgan fingerprint density at radius 2 is 2.00 bits per heavy atom. The molecule has 0 heterocycles. The Morgan fingerprint density at radius 1 is 1.37 bits per heavy atom. The van der Waals surface area contributed by atoms with Gasteiger partial charge in [0.25, 0.3) is 0 Å². The molecule has 0 bridgehead atoms. The number of carbonyl (C=O) groups is 2. The lowest BCUT2D eigenvalue weighted by atomic mass is 10.2. The number of methoxy groups -OCH3 is 1. The van der Waals surface area contributed by atoms with Crippen LogP contribution in [-0.2, 0) is 9.59 Å². The van der Waals surface area contributed by atoms with Crippen molar-refractivity contribution in [3.8, 4) is 5.75 Å². The van der Waals surface area contributed by atoms with E-state index in [1.54, 1.807) is 38.3 Å². The zero-order valence-corrected chi connectivity index (χ0v) is 11.7. The number of aliphatic carboxylic acids is 1. The normalized spacial score (nSPS) is 11.7. The minimum Gasteiger partial charge on any atom is -0.497 e. The second kappa shape index (κ2) is 7.68. The summed E-state index contributed by atoms with van der Waals surface area (Å²) in [5, 5.41) is 11.4. The fourth-order valence-electron chi connectivity index (χ4n) is 1.27. The van der Waals surface area contributed by atoms with Gasteiger partial charge >= 0.3 is 5.97 Å². The van der Waals surface area contributed by atoms with Gasteiger partial charge in [0.1, 0.15) is 5.75 Å². The van der Waals surface area contributed by atoms with E-state index < -0.39 is 11.9 Å². The molecule has 0 aliphatic rings. The van der Waals surface area contributed by atoms with Crippen molar-refractivity contribution in [2.45, 2.75) is 6.92 Å². The number of carboxylic acids is 1. The molecule has 0 fully saturated rings. The van der Waals surface area contributed by atoms with Gasteiger partial charge in [0.05, 0.1) is 18.8 Å². The maximum Gasteiger partial charge on any atom is 0.307 e. The quantitative estimate of drug-likeness (QED) is 0.801. The summed E-state index contributed by atoms with van der Waals surface area (Å²) in [6.07, 6.45) is 0. The predicted octanol–water partition coefficient (Wildman–Crippen LogP) is 2.09. The number of benzene rings is 1. The Hall–Kier alpha value is -1.69. The van der Waals surface area contributed by atoms with Crippen LogP contribution in [0.25, 0.3) is 0 Å². The molecule has 104 valence electrons. The smallest absolute Gasteiger partial charge is 0.307 e. The third-order valence-electron chi connectivity index (χ3n) is 2.40. The van der Waals surface area contributed by atoms with Crippen molar-refractivity contribution in [3.05, 3.63) is 24.3 Å². The summed E-state index contributed by atoms with van der Waals surface area (Å²) in [6, 6.07) is 7.02. The highest BCUT2D eigenvalue weighted by molar-refractivity contribution is 8.00. The fraction of sp³-hybridized carbons (Fsp3) is 0.385. The largest absolute Gasteiger partial charge is 0.497 e. The molecular formula is C13H17NO4S. The van der Waals surface area contributed by atoms with Gasteiger partial charge in [0, 0.05) is 11.4 Å². The van der Waals surface area contributed by atoms with Crippen LogP contribution in [0.5, 0.6) is 5.75 Å². The molecule has 0 aliphatic heterocycles. The van der Waals surface area contributed by atoms with Gasteiger partial charge in [-0.2, -0.15) is 11.8 Å². The highest BCUT2D eigenvalue weighted by Crippen LogP contribution is 2.15. The number of carboxylic acid groups (broad SMARTS) is 1. The van der Waals surface area contributed by atoms with Crippen LogP contribution in [0.1, 0.15) is 6.92 Å². The summed E-state index contributed by atoms with van der Waals surface area (Å²) in [5.41, 5.74) is 0.692. The molecule has 0 saturated carbocycles. The molecule has 1 amide bonds. The molecule has 1 aromatic rings. The van der Waals surface area contributed by atoms with Crippen LogP contribution >= 0.6 is 11.8 Å². The van der Waals surface area contributed by atoms with Gasteiger partial charge < -0.3 is 15.2 Å². The molecule has 6 heteroatoms. The lowest BCUT2D eigenvalue weighted by Crippen LogP contribution is -2.17. The van der Waals surface area contributed by atoms with Crippen LogP contribution in [0.3, 0.4) is 0 Å². The molecule has 0 aliphatic carbocycles. The van der Waals surface area contributed by atoms with Crippen LogP contribution in [0, 0.1) is 5.92 Å². The molecule has 1 atom stereocenters. The fourth-order valence-corrected chi connectivity index (χ4v) is 2.14. The molecular weight excluding hydrogens is 266 g/mol. The van der Waals surface area contributed by atoms with E-state index in [9.17, 15) is 9.59 Å². The van der Waals surface area contributed by atoms with Gasteiger partial charge in [-0.25, -0.2) is 0 Å². The van der Waals surface area contributed by atoms with E-state index in [1.807, 2.05) is 0 Å². The number of nitrogens with one attached hydrogen (secondary N) is 1. The first-order valence-corrected chi connectivity index (χ1v) is 6.93. The van der Waals surface area contributed by atoms with E-state index >= 15 is 0 Å². The Labute approximate surface area is 116 Å². The Kier molecular flexibility index (Phi) is 6.21. The summed E-state index contributed by atoms with van der Waals surface area (Å²) in [7, 11) is 1.58. The van der Waals surface area contributed by atoms with Crippen molar-refractivity contribution in [2.24, 2.45) is 5.92 Å². The van der Waals surface area contributed by atoms with E-state index in [-0.39, 0.29) is 11.7 Å². The molecule has 1 unspecified atom stereocenters. The zero-order chi connectivity index (χ0) is 14.3. The third kappa shape index (κ3) is 5.65. The minimum atomic E-state index is -0.844. The maximum atomic E-state index is 11.6.